The van der Waals surface area contributed by atoms with E-state index in [2.05, 4.69) is 15.9 Å². The van der Waals surface area contributed by atoms with E-state index in [0.717, 1.165) is 9.88 Å². The largest absolute Gasteiger partial charge is 0.422 e. The second-order valence-electron chi connectivity index (χ2n) is 4.98. The lowest BCUT2D eigenvalue weighted by molar-refractivity contribution is 0.534. The molecule has 0 radical (unpaired) electrons. The van der Waals surface area contributed by atoms with Crippen molar-refractivity contribution >= 4 is 54.4 Å². The normalized spacial score (nSPS) is 12.1. The molecule has 0 saturated heterocycles. The van der Waals surface area contributed by atoms with Gasteiger partial charge in [-0.3, -0.25) is 0 Å². The lowest BCUT2D eigenvalue weighted by Crippen LogP contribution is -2.11. The quantitative estimate of drug-likeness (QED) is 0.573. The third kappa shape index (κ3) is 3.61. The summed E-state index contributed by atoms with van der Waals surface area (Å²) in [6.45, 7) is 0. The van der Waals surface area contributed by atoms with Gasteiger partial charge in [-0.05, 0) is 48.0 Å². The summed E-state index contributed by atoms with van der Waals surface area (Å²) in [7, 11) is -3.94. The third-order valence-corrected chi connectivity index (χ3v) is 5.42. The van der Waals surface area contributed by atoms with Gasteiger partial charge in [-0.2, -0.15) is 0 Å². The molecule has 0 saturated carbocycles. The molecule has 0 unspecified atom stereocenters. The molecule has 0 aliphatic carbocycles. The van der Waals surface area contributed by atoms with E-state index >= 15 is 0 Å². The molecular formula is C17H10BrClO4S. The van der Waals surface area contributed by atoms with Crippen LogP contribution in [0.5, 0.6) is 0 Å². The van der Waals surface area contributed by atoms with Crippen LogP contribution in [0.2, 0.25) is 5.02 Å². The van der Waals surface area contributed by atoms with E-state index < -0.39 is 20.4 Å². The van der Waals surface area contributed by atoms with Gasteiger partial charge >= 0.3 is 5.63 Å². The molecule has 0 aliphatic heterocycles. The predicted octanol–water partition coefficient (Wildman–Crippen LogP) is 4.65. The predicted molar refractivity (Wildman–Crippen MR) is 97.9 cm³/mol. The van der Waals surface area contributed by atoms with E-state index in [0.29, 0.717) is 21.6 Å². The molecule has 0 bridgehead atoms. The van der Waals surface area contributed by atoms with E-state index in [1.54, 1.807) is 42.5 Å². The number of sulfone groups is 1. The number of hydrogen-bond acceptors (Lipinski definition) is 4. The Bertz CT molecular complexity index is 1100. The van der Waals surface area contributed by atoms with Crippen LogP contribution < -0.4 is 5.63 Å². The maximum absolute atomic E-state index is 12.4. The Hall–Kier alpha value is -1.89. The molecule has 4 nitrogen and oxygen atoms in total. The van der Waals surface area contributed by atoms with Crippen LogP contribution in [0.1, 0.15) is 5.56 Å². The minimum absolute atomic E-state index is 0.323. The van der Waals surface area contributed by atoms with Crippen molar-refractivity contribution in [2.24, 2.45) is 0 Å². The van der Waals surface area contributed by atoms with Crippen molar-refractivity contribution in [2.75, 3.05) is 0 Å². The van der Waals surface area contributed by atoms with Gasteiger partial charge in [0.05, 0.1) is 0 Å². The molecular weight excluding hydrogens is 416 g/mol. The number of fused-ring (bicyclic) bond motifs is 1. The molecule has 3 aromatic rings. The average Bonchev–Trinajstić information content (AvgIpc) is 2.54. The summed E-state index contributed by atoms with van der Waals surface area (Å²) in [6, 6.07) is 12.9. The summed E-state index contributed by atoms with van der Waals surface area (Å²) in [5.41, 5.74) is 0.0744. The molecule has 122 valence electrons. The molecule has 24 heavy (non-hydrogen) atoms. The second kappa shape index (κ2) is 6.55. The number of halogens is 2. The van der Waals surface area contributed by atoms with Gasteiger partial charge in [0.15, 0.2) is 4.90 Å². The number of hydrogen-bond donors (Lipinski definition) is 0. The van der Waals surface area contributed by atoms with Gasteiger partial charge in [0.1, 0.15) is 5.58 Å². The second-order valence-corrected chi connectivity index (χ2v) is 8.13. The number of rotatable bonds is 3. The van der Waals surface area contributed by atoms with Crippen LogP contribution in [0, 0.1) is 0 Å². The molecule has 0 fully saturated rings. The molecule has 0 atom stereocenters. The van der Waals surface area contributed by atoms with Gasteiger partial charge in [-0.25, -0.2) is 13.2 Å². The van der Waals surface area contributed by atoms with Crippen molar-refractivity contribution in [2.45, 2.75) is 4.90 Å². The van der Waals surface area contributed by atoms with E-state index in [1.165, 1.54) is 12.1 Å². The van der Waals surface area contributed by atoms with E-state index in [1.807, 2.05) is 0 Å². The van der Waals surface area contributed by atoms with Gasteiger partial charge in [-0.1, -0.05) is 39.7 Å². The monoisotopic (exact) mass is 424 g/mol. The van der Waals surface area contributed by atoms with Gasteiger partial charge in [-0.15, -0.1) is 0 Å². The molecule has 1 aromatic heterocycles. The Labute approximate surface area is 151 Å². The van der Waals surface area contributed by atoms with Gasteiger partial charge in [0.25, 0.3) is 0 Å². The average molecular weight is 426 g/mol. The maximum atomic E-state index is 12.4. The molecule has 0 aliphatic rings. The minimum Gasteiger partial charge on any atom is -0.422 e. The zero-order valence-electron chi connectivity index (χ0n) is 12.1. The summed E-state index contributed by atoms with van der Waals surface area (Å²) in [5.74, 6) is 0. The van der Waals surface area contributed by atoms with Crippen LogP contribution in [-0.2, 0) is 9.84 Å². The van der Waals surface area contributed by atoms with E-state index in [9.17, 15) is 13.2 Å². The van der Waals surface area contributed by atoms with Gasteiger partial charge in [0.2, 0.25) is 9.84 Å². The van der Waals surface area contributed by atoms with Crippen molar-refractivity contribution in [1.29, 1.82) is 0 Å². The SMILES string of the molecule is O=c1oc2ccc(Br)cc2cc1S(=O)(=O)/C=C/c1ccc(Cl)cc1. The molecule has 0 N–H and O–H groups in total. The Morgan fingerprint density at radius 1 is 1.04 bits per heavy atom. The van der Waals surface area contributed by atoms with Crippen LogP contribution in [0.15, 0.2) is 72.5 Å². The van der Waals surface area contributed by atoms with Crippen LogP contribution >= 0.6 is 27.5 Å². The summed E-state index contributed by atoms with van der Waals surface area (Å²) in [4.78, 5) is 11.6. The smallest absolute Gasteiger partial charge is 0.355 e. The molecule has 1 heterocycles. The van der Waals surface area contributed by atoms with Crippen LogP contribution in [0.4, 0.5) is 0 Å². The van der Waals surface area contributed by atoms with E-state index in [4.69, 9.17) is 16.0 Å². The first-order chi connectivity index (χ1) is 11.3. The fourth-order valence-electron chi connectivity index (χ4n) is 2.09. The first-order valence-electron chi connectivity index (χ1n) is 6.77. The highest BCUT2D eigenvalue weighted by Gasteiger charge is 2.18. The fraction of sp³-hybridized carbons (Fsp3) is 0. The summed E-state index contributed by atoms with van der Waals surface area (Å²) >= 11 is 9.09. The highest BCUT2D eigenvalue weighted by atomic mass is 79.9. The fourth-order valence-corrected chi connectivity index (χ4v) is 3.64. The summed E-state index contributed by atoms with van der Waals surface area (Å²) in [5, 5.41) is 2.05. The van der Waals surface area contributed by atoms with Crippen LogP contribution in [0.3, 0.4) is 0 Å². The Morgan fingerprint density at radius 3 is 2.46 bits per heavy atom. The van der Waals surface area contributed by atoms with Gasteiger partial charge < -0.3 is 4.42 Å². The number of benzene rings is 2. The third-order valence-electron chi connectivity index (χ3n) is 3.28. The van der Waals surface area contributed by atoms with Crippen LogP contribution in [-0.4, -0.2) is 8.42 Å². The highest BCUT2D eigenvalue weighted by Crippen LogP contribution is 2.22. The summed E-state index contributed by atoms with van der Waals surface area (Å²) in [6.07, 6.45) is 1.40. The van der Waals surface area contributed by atoms with Crippen molar-refractivity contribution in [1.82, 2.24) is 0 Å². The standard InChI is InChI=1S/C17H10BrClO4S/c18-13-3-6-15-12(9-13)10-16(17(20)23-15)24(21,22)8-7-11-1-4-14(19)5-2-11/h1-10H/b8-7+. The zero-order valence-corrected chi connectivity index (χ0v) is 15.2. The lowest BCUT2D eigenvalue weighted by Gasteiger charge is -2.01. The Morgan fingerprint density at radius 2 is 1.75 bits per heavy atom. The van der Waals surface area contributed by atoms with Gasteiger partial charge in [0, 0.05) is 20.3 Å². The van der Waals surface area contributed by atoms with Crippen molar-refractivity contribution in [3.63, 3.8) is 0 Å². The van der Waals surface area contributed by atoms with Crippen molar-refractivity contribution in [3.05, 3.63) is 79.4 Å². The zero-order chi connectivity index (χ0) is 17.3. The molecule has 0 spiro atoms. The Balaban J connectivity index is 2.06. The summed E-state index contributed by atoms with van der Waals surface area (Å²) < 4.78 is 30.7. The molecule has 7 heteroatoms. The van der Waals surface area contributed by atoms with E-state index in [-0.39, 0.29) is 0 Å². The maximum Gasteiger partial charge on any atom is 0.355 e. The van der Waals surface area contributed by atoms with Crippen LogP contribution in [0.25, 0.3) is 17.0 Å². The van der Waals surface area contributed by atoms with Crippen molar-refractivity contribution < 1.29 is 12.8 Å². The molecule has 3 rings (SSSR count). The molecule has 2 aromatic carbocycles. The lowest BCUT2D eigenvalue weighted by atomic mass is 10.2. The Kier molecular flexibility index (Phi) is 4.62. The first kappa shape index (κ1) is 17.0. The topological polar surface area (TPSA) is 64.3 Å². The minimum atomic E-state index is -3.94. The van der Waals surface area contributed by atoms with Crippen molar-refractivity contribution in [3.8, 4) is 0 Å². The first-order valence-corrected chi connectivity index (χ1v) is 9.49. The highest BCUT2D eigenvalue weighted by molar-refractivity contribution is 9.10. The molecule has 0 amide bonds.